The van der Waals surface area contributed by atoms with Crippen molar-refractivity contribution in [1.82, 2.24) is 9.97 Å². The van der Waals surface area contributed by atoms with Crippen LogP contribution in [0.3, 0.4) is 0 Å². The number of aryl methyl sites for hydroxylation is 1. The summed E-state index contributed by atoms with van der Waals surface area (Å²) in [7, 11) is 3.10. The Hall–Kier alpha value is -4.73. The standard InChI is InChI=1S/C29H29FN4O5/c1-4-27(35)34-24-15-21-23(16-26(24)38-3)31-17-32-29(21)39-25-13-10-19(14-22(25)30)33-28(36)7-5-6-18-8-11-20(37-2)12-9-18/h8-17H,4-7H2,1-3H3,(H,33,36)(H,34,35). The molecule has 0 aliphatic rings. The molecular formula is C29H29FN4O5. The highest BCUT2D eigenvalue weighted by atomic mass is 19.1. The highest BCUT2D eigenvalue weighted by molar-refractivity contribution is 5.97. The average molecular weight is 533 g/mol. The number of hydrogen-bond acceptors (Lipinski definition) is 7. The lowest BCUT2D eigenvalue weighted by molar-refractivity contribution is -0.116. The molecule has 10 heteroatoms. The van der Waals surface area contributed by atoms with E-state index in [1.54, 1.807) is 32.2 Å². The summed E-state index contributed by atoms with van der Waals surface area (Å²) in [5.74, 6) is 0.135. The van der Waals surface area contributed by atoms with Gasteiger partial charge in [-0.3, -0.25) is 9.59 Å². The van der Waals surface area contributed by atoms with E-state index in [4.69, 9.17) is 14.2 Å². The van der Waals surface area contributed by atoms with Crippen molar-refractivity contribution in [2.75, 3.05) is 24.9 Å². The van der Waals surface area contributed by atoms with Crippen molar-refractivity contribution >= 4 is 34.1 Å². The number of rotatable bonds is 11. The number of fused-ring (bicyclic) bond motifs is 1. The molecule has 0 atom stereocenters. The van der Waals surface area contributed by atoms with E-state index in [1.807, 2.05) is 24.3 Å². The van der Waals surface area contributed by atoms with Gasteiger partial charge in [0.2, 0.25) is 17.7 Å². The lowest BCUT2D eigenvalue weighted by Crippen LogP contribution is -2.11. The number of ether oxygens (including phenoxy) is 3. The second kappa shape index (κ2) is 12.7. The fourth-order valence-corrected chi connectivity index (χ4v) is 3.88. The Labute approximate surface area is 225 Å². The summed E-state index contributed by atoms with van der Waals surface area (Å²) >= 11 is 0. The maximum atomic E-state index is 14.9. The van der Waals surface area contributed by atoms with Gasteiger partial charge in [-0.2, -0.15) is 0 Å². The van der Waals surface area contributed by atoms with Gasteiger partial charge in [0, 0.05) is 30.7 Å². The number of anilines is 2. The van der Waals surface area contributed by atoms with Gasteiger partial charge in [-0.15, -0.1) is 0 Å². The molecule has 0 aliphatic heterocycles. The minimum Gasteiger partial charge on any atom is -0.497 e. The second-order valence-corrected chi connectivity index (χ2v) is 8.65. The Morgan fingerprint density at radius 2 is 1.69 bits per heavy atom. The van der Waals surface area contributed by atoms with Crippen molar-refractivity contribution in [3.63, 3.8) is 0 Å². The molecule has 9 nitrogen and oxygen atoms in total. The third-order valence-corrected chi connectivity index (χ3v) is 5.97. The Bertz CT molecular complexity index is 1480. The van der Waals surface area contributed by atoms with Gasteiger partial charge in [0.05, 0.1) is 30.8 Å². The van der Waals surface area contributed by atoms with E-state index < -0.39 is 5.82 Å². The predicted octanol–water partition coefficient (Wildman–Crippen LogP) is 5.89. The summed E-state index contributed by atoms with van der Waals surface area (Å²) in [6.45, 7) is 1.73. The molecule has 4 rings (SSSR count). The molecule has 4 aromatic rings. The highest BCUT2D eigenvalue weighted by Gasteiger charge is 2.15. The van der Waals surface area contributed by atoms with Gasteiger partial charge >= 0.3 is 0 Å². The molecule has 0 unspecified atom stereocenters. The third kappa shape index (κ3) is 6.98. The first-order chi connectivity index (χ1) is 18.9. The molecule has 3 aromatic carbocycles. The summed E-state index contributed by atoms with van der Waals surface area (Å²) in [6, 6.07) is 15.1. The lowest BCUT2D eigenvalue weighted by atomic mass is 10.1. The van der Waals surface area contributed by atoms with Crippen LogP contribution in [0.25, 0.3) is 10.9 Å². The van der Waals surface area contributed by atoms with Crippen molar-refractivity contribution in [3.8, 4) is 23.1 Å². The molecule has 0 radical (unpaired) electrons. The summed E-state index contributed by atoms with van der Waals surface area (Å²) < 4.78 is 31.2. The van der Waals surface area contributed by atoms with E-state index in [1.165, 1.54) is 25.6 Å². The maximum absolute atomic E-state index is 14.9. The molecule has 0 aliphatic carbocycles. The number of nitrogens with one attached hydrogen (secondary N) is 2. The smallest absolute Gasteiger partial charge is 0.230 e. The molecule has 0 fully saturated rings. The first kappa shape index (κ1) is 27.3. The minimum absolute atomic E-state index is 0.0810. The predicted molar refractivity (Wildman–Crippen MR) is 146 cm³/mol. The molecule has 2 amide bonds. The molecule has 0 spiro atoms. The number of amides is 2. The molecule has 202 valence electrons. The van der Waals surface area contributed by atoms with E-state index in [9.17, 15) is 14.0 Å². The fraction of sp³-hybridized carbons (Fsp3) is 0.241. The number of benzene rings is 3. The molecule has 0 bridgehead atoms. The van der Waals surface area contributed by atoms with Crippen molar-refractivity contribution in [3.05, 3.63) is 72.3 Å². The first-order valence-electron chi connectivity index (χ1n) is 12.4. The normalized spacial score (nSPS) is 10.7. The molecule has 0 saturated carbocycles. The zero-order valence-electron chi connectivity index (χ0n) is 21.9. The fourth-order valence-electron chi connectivity index (χ4n) is 3.88. The molecular weight excluding hydrogens is 503 g/mol. The highest BCUT2D eigenvalue weighted by Crippen LogP contribution is 2.35. The van der Waals surface area contributed by atoms with Gasteiger partial charge in [-0.25, -0.2) is 14.4 Å². The van der Waals surface area contributed by atoms with Crippen LogP contribution in [0.5, 0.6) is 23.1 Å². The van der Waals surface area contributed by atoms with Gasteiger partial charge in [0.1, 0.15) is 17.8 Å². The number of carbonyl (C=O) groups is 2. The van der Waals surface area contributed by atoms with E-state index >= 15 is 0 Å². The third-order valence-electron chi connectivity index (χ3n) is 5.97. The monoisotopic (exact) mass is 532 g/mol. The number of halogens is 1. The SMILES string of the molecule is CCC(=O)Nc1cc2c(Oc3ccc(NC(=O)CCCc4ccc(OC)cc4)cc3F)ncnc2cc1OC. The number of nitrogens with zero attached hydrogens (tertiary/aromatic N) is 2. The van der Waals surface area contributed by atoms with Gasteiger partial charge in [0.25, 0.3) is 0 Å². The Kier molecular flexibility index (Phi) is 8.88. The second-order valence-electron chi connectivity index (χ2n) is 8.65. The molecule has 2 N–H and O–H groups in total. The van der Waals surface area contributed by atoms with Crippen LogP contribution in [0, 0.1) is 5.82 Å². The quantitative estimate of drug-likeness (QED) is 0.248. The number of methoxy groups -OCH3 is 2. The molecule has 1 aromatic heterocycles. The summed E-state index contributed by atoms with van der Waals surface area (Å²) in [5.41, 5.74) is 2.33. The molecule has 39 heavy (non-hydrogen) atoms. The van der Waals surface area contributed by atoms with Crippen molar-refractivity contribution in [2.45, 2.75) is 32.6 Å². The van der Waals surface area contributed by atoms with Gasteiger partial charge in [-0.1, -0.05) is 19.1 Å². The van der Waals surface area contributed by atoms with Crippen molar-refractivity contribution < 1.29 is 28.2 Å². The summed E-state index contributed by atoms with van der Waals surface area (Å²) in [4.78, 5) is 32.7. The largest absolute Gasteiger partial charge is 0.497 e. The van der Waals surface area contributed by atoms with Gasteiger partial charge in [-0.05, 0) is 48.7 Å². The Morgan fingerprint density at radius 1 is 0.897 bits per heavy atom. The van der Waals surface area contributed by atoms with Crippen molar-refractivity contribution in [1.29, 1.82) is 0 Å². The zero-order valence-corrected chi connectivity index (χ0v) is 21.9. The number of aromatic nitrogens is 2. The Balaban J connectivity index is 1.42. The van der Waals surface area contributed by atoms with E-state index in [0.717, 1.165) is 17.7 Å². The van der Waals surface area contributed by atoms with Crippen LogP contribution in [-0.4, -0.2) is 36.0 Å². The van der Waals surface area contributed by atoms with Gasteiger partial charge < -0.3 is 24.8 Å². The van der Waals surface area contributed by atoms with Gasteiger partial charge in [0.15, 0.2) is 11.6 Å². The molecule has 1 heterocycles. The zero-order chi connectivity index (χ0) is 27.8. The van der Waals surface area contributed by atoms with Crippen LogP contribution < -0.4 is 24.8 Å². The van der Waals surface area contributed by atoms with Crippen LogP contribution >= 0.6 is 0 Å². The van der Waals surface area contributed by atoms with Crippen molar-refractivity contribution in [2.24, 2.45) is 0 Å². The summed E-state index contributed by atoms with van der Waals surface area (Å²) in [6.07, 6.45) is 3.25. The van der Waals surface area contributed by atoms with Crippen LogP contribution in [0.1, 0.15) is 31.7 Å². The van der Waals surface area contributed by atoms with Crippen LogP contribution in [0.15, 0.2) is 60.9 Å². The van der Waals surface area contributed by atoms with Crippen LogP contribution in [0.4, 0.5) is 15.8 Å². The summed E-state index contributed by atoms with van der Waals surface area (Å²) in [5, 5.41) is 5.94. The molecule has 0 saturated heterocycles. The average Bonchev–Trinajstić information content (AvgIpc) is 2.94. The lowest BCUT2D eigenvalue weighted by Gasteiger charge is -2.13. The van der Waals surface area contributed by atoms with E-state index in [0.29, 0.717) is 40.9 Å². The van der Waals surface area contributed by atoms with E-state index in [2.05, 4.69) is 20.6 Å². The maximum Gasteiger partial charge on any atom is 0.230 e. The van der Waals surface area contributed by atoms with E-state index in [-0.39, 0.29) is 29.9 Å². The van der Waals surface area contributed by atoms with Crippen LogP contribution in [-0.2, 0) is 16.0 Å². The minimum atomic E-state index is -0.675. The topological polar surface area (TPSA) is 112 Å². The Morgan fingerprint density at radius 3 is 2.38 bits per heavy atom. The van der Waals surface area contributed by atoms with Crippen LogP contribution in [0.2, 0.25) is 0 Å². The first-order valence-corrected chi connectivity index (χ1v) is 12.4. The number of carbonyl (C=O) groups excluding carboxylic acids is 2. The number of hydrogen-bond donors (Lipinski definition) is 2.